The molecule has 0 saturated carbocycles. The van der Waals surface area contributed by atoms with E-state index in [1.807, 2.05) is 11.1 Å². The number of pyridine rings is 1. The fourth-order valence-corrected chi connectivity index (χ4v) is 5.02. The van der Waals surface area contributed by atoms with E-state index >= 15 is 0 Å². The third-order valence-electron chi connectivity index (χ3n) is 7.02. The number of amides is 2. The molecule has 5 rings (SSSR count). The average Bonchev–Trinajstić information content (AvgIpc) is 2.82. The van der Waals surface area contributed by atoms with Gasteiger partial charge in [-0.2, -0.15) is 0 Å². The number of likely N-dealkylation sites (tertiary alicyclic amines) is 1. The number of nitrogens with zero attached hydrogens (tertiary/aromatic N) is 2. The Bertz CT molecular complexity index is 1150. The number of benzene rings is 2. The van der Waals surface area contributed by atoms with Crippen molar-refractivity contribution in [3.05, 3.63) is 59.9 Å². The van der Waals surface area contributed by atoms with Crippen LogP contribution < -0.4 is 10.1 Å². The maximum atomic E-state index is 12.3. The molecule has 5 heteroatoms. The van der Waals surface area contributed by atoms with Gasteiger partial charge in [-0.25, -0.2) is 4.79 Å². The fourth-order valence-electron chi connectivity index (χ4n) is 5.02. The van der Waals surface area contributed by atoms with Crippen molar-refractivity contribution in [2.24, 2.45) is 0 Å². The third-order valence-corrected chi connectivity index (χ3v) is 7.02. The Kier molecular flexibility index (Phi) is 5.50. The lowest BCUT2D eigenvalue weighted by Gasteiger charge is -2.44. The Balaban J connectivity index is 1.31. The van der Waals surface area contributed by atoms with E-state index in [2.05, 4.69) is 66.6 Å². The molecule has 2 aliphatic heterocycles. The van der Waals surface area contributed by atoms with E-state index in [-0.39, 0.29) is 11.6 Å². The Morgan fingerprint density at radius 3 is 2.69 bits per heavy atom. The summed E-state index contributed by atoms with van der Waals surface area (Å²) in [5, 5.41) is 5.41. The van der Waals surface area contributed by atoms with Crippen LogP contribution in [0.15, 0.2) is 48.7 Å². The number of rotatable bonds is 3. The summed E-state index contributed by atoms with van der Waals surface area (Å²) in [5.74, 6) is 1.00. The van der Waals surface area contributed by atoms with Crippen LogP contribution in [-0.2, 0) is 6.42 Å². The molecule has 0 unspecified atom stereocenters. The summed E-state index contributed by atoms with van der Waals surface area (Å²) in [7, 11) is 0. The minimum atomic E-state index is -0.135. The normalized spacial score (nSPS) is 17.1. The van der Waals surface area contributed by atoms with Crippen molar-refractivity contribution in [2.45, 2.75) is 51.6 Å². The predicted molar refractivity (Wildman–Crippen MR) is 128 cm³/mol. The van der Waals surface area contributed by atoms with Gasteiger partial charge in [-0.1, -0.05) is 25.1 Å². The topological polar surface area (TPSA) is 54.5 Å². The summed E-state index contributed by atoms with van der Waals surface area (Å²) < 4.78 is 6.58. The molecule has 2 aliphatic rings. The van der Waals surface area contributed by atoms with Gasteiger partial charge in [0.05, 0.1) is 0 Å². The van der Waals surface area contributed by atoms with Crippen molar-refractivity contribution in [1.29, 1.82) is 0 Å². The van der Waals surface area contributed by atoms with Crippen LogP contribution in [0.4, 0.5) is 4.79 Å². The van der Waals surface area contributed by atoms with Crippen LogP contribution >= 0.6 is 0 Å². The smallest absolute Gasteiger partial charge is 0.317 e. The summed E-state index contributed by atoms with van der Waals surface area (Å²) in [6, 6.07) is 15.3. The highest BCUT2D eigenvalue weighted by Crippen LogP contribution is 2.41. The van der Waals surface area contributed by atoms with Gasteiger partial charge in [-0.3, -0.25) is 4.98 Å². The van der Waals surface area contributed by atoms with Crippen LogP contribution in [0.2, 0.25) is 0 Å². The van der Waals surface area contributed by atoms with Crippen LogP contribution in [0.3, 0.4) is 0 Å². The van der Waals surface area contributed by atoms with Crippen LogP contribution in [0, 0.1) is 6.92 Å². The van der Waals surface area contributed by atoms with Crippen molar-refractivity contribution >= 4 is 16.8 Å². The van der Waals surface area contributed by atoms with Gasteiger partial charge in [0.25, 0.3) is 0 Å². The van der Waals surface area contributed by atoms with Crippen molar-refractivity contribution < 1.29 is 9.53 Å². The number of aromatic nitrogens is 1. The maximum absolute atomic E-state index is 12.3. The van der Waals surface area contributed by atoms with Crippen molar-refractivity contribution in [3.63, 3.8) is 0 Å². The second kappa shape index (κ2) is 8.45. The summed E-state index contributed by atoms with van der Waals surface area (Å²) in [5.41, 5.74) is 4.65. The molecule has 0 radical (unpaired) electrons. The highest BCUT2D eigenvalue weighted by atomic mass is 16.5. The number of aryl methyl sites for hydroxylation is 2. The zero-order valence-electron chi connectivity index (χ0n) is 19.0. The first kappa shape index (κ1) is 20.8. The van der Waals surface area contributed by atoms with Gasteiger partial charge in [0.2, 0.25) is 0 Å². The zero-order chi connectivity index (χ0) is 22.1. The number of urea groups is 1. The van der Waals surface area contributed by atoms with Crippen LogP contribution in [-0.4, -0.2) is 41.2 Å². The molecule has 166 valence electrons. The van der Waals surface area contributed by atoms with E-state index in [0.717, 1.165) is 63.2 Å². The minimum Gasteiger partial charge on any atom is -0.487 e. The SMILES string of the molecule is CCCNC(=O)N1CCC2(CCc3cc(-c4ccc5c(C)nccc5c4)ccc3O2)CC1. The number of fused-ring (bicyclic) bond motifs is 2. The van der Waals surface area contributed by atoms with Crippen molar-refractivity contribution in [1.82, 2.24) is 15.2 Å². The highest BCUT2D eigenvalue weighted by Gasteiger charge is 2.40. The molecule has 2 amide bonds. The van der Waals surface area contributed by atoms with Gasteiger partial charge >= 0.3 is 6.03 Å². The van der Waals surface area contributed by atoms with Gasteiger partial charge in [0.15, 0.2) is 0 Å². The Morgan fingerprint density at radius 2 is 1.88 bits per heavy atom. The number of piperidine rings is 1. The quantitative estimate of drug-likeness (QED) is 0.599. The summed E-state index contributed by atoms with van der Waals surface area (Å²) in [6.07, 6.45) is 6.65. The zero-order valence-corrected chi connectivity index (χ0v) is 19.0. The number of hydrogen-bond donors (Lipinski definition) is 1. The van der Waals surface area contributed by atoms with Gasteiger partial charge < -0.3 is 15.0 Å². The molecule has 1 spiro atoms. The molecule has 3 aromatic rings. The first-order chi connectivity index (χ1) is 15.6. The van der Waals surface area contributed by atoms with Gasteiger partial charge in [0.1, 0.15) is 11.4 Å². The Hall–Kier alpha value is -3.08. The lowest BCUT2D eigenvalue weighted by atomic mass is 9.82. The molecular formula is C27H31N3O2. The predicted octanol–water partition coefficient (Wildman–Crippen LogP) is 5.49. The molecule has 0 aliphatic carbocycles. The standard InChI is InChI=1S/C27H31N3O2/c1-3-13-29-26(31)30-15-11-27(12-16-30)10-8-23-18-21(5-7-25(23)32-27)20-4-6-24-19(2)28-14-9-22(24)17-20/h4-7,9,14,17-18H,3,8,10-13,15-16H2,1-2H3,(H,29,31). The highest BCUT2D eigenvalue weighted by molar-refractivity contribution is 5.88. The first-order valence-electron chi connectivity index (χ1n) is 11.8. The number of hydrogen-bond acceptors (Lipinski definition) is 3. The number of carbonyl (C=O) groups excluding carboxylic acids is 1. The number of carbonyl (C=O) groups is 1. The lowest BCUT2D eigenvalue weighted by molar-refractivity contribution is -0.00546. The van der Waals surface area contributed by atoms with Gasteiger partial charge in [-0.15, -0.1) is 0 Å². The molecule has 2 aromatic carbocycles. The minimum absolute atomic E-state index is 0.0592. The van der Waals surface area contributed by atoms with Crippen molar-refractivity contribution in [3.8, 4) is 16.9 Å². The van der Waals surface area contributed by atoms with Crippen LogP contribution in [0.25, 0.3) is 21.9 Å². The summed E-state index contributed by atoms with van der Waals surface area (Å²) >= 11 is 0. The molecule has 1 N–H and O–H groups in total. The van der Waals surface area contributed by atoms with E-state index in [1.54, 1.807) is 0 Å². The fraction of sp³-hybridized carbons (Fsp3) is 0.407. The molecule has 3 heterocycles. The molecule has 1 aromatic heterocycles. The van der Waals surface area contributed by atoms with E-state index < -0.39 is 0 Å². The van der Waals surface area contributed by atoms with Crippen LogP contribution in [0.5, 0.6) is 5.75 Å². The lowest BCUT2D eigenvalue weighted by Crippen LogP contribution is -2.53. The molecule has 5 nitrogen and oxygen atoms in total. The number of nitrogens with one attached hydrogen (secondary N) is 1. The largest absolute Gasteiger partial charge is 0.487 e. The Labute approximate surface area is 189 Å². The van der Waals surface area contributed by atoms with Crippen molar-refractivity contribution in [2.75, 3.05) is 19.6 Å². The Morgan fingerprint density at radius 1 is 1.09 bits per heavy atom. The number of ether oxygens (including phenoxy) is 1. The first-order valence-corrected chi connectivity index (χ1v) is 11.8. The summed E-state index contributed by atoms with van der Waals surface area (Å²) in [6.45, 7) is 6.38. The second-order valence-corrected chi connectivity index (χ2v) is 9.16. The molecule has 32 heavy (non-hydrogen) atoms. The molecule has 0 bridgehead atoms. The van der Waals surface area contributed by atoms with E-state index in [4.69, 9.17) is 4.74 Å². The van der Waals surface area contributed by atoms with E-state index in [9.17, 15) is 4.79 Å². The van der Waals surface area contributed by atoms with Gasteiger partial charge in [-0.05, 0) is 72.5 Å². The average molecular weight is 430 g/mol. The second-order valence-electron chi connectivity index (χ2n) is 9.16. The van der Waals surface area contributed by atoms with Crippen LogP contribution in [0.1, 0.15) is 43.9 Å². The molecule has 1 saturated heterocycles. The van der Waals surface area contributed by atoms with Gasteiger partial charge in [0, 0.05) is 49.8 Å². The molecular weight excluding hydrogens is 398 g/mol. The summed E-state index contributed by atoms with van der Waals surface area (Å²) in [4.78, 5) is 18.6. The maximum Gasteiger partial charge on any atom is 0.317 e. The third kappa shape index (κ3) is 3.92. The van der Waals surface area contributed by atoms with E-state index in [1.165, 1.54) is 27.5 Å². The van der Waals surface area contributed by atoms with E-state index in [0.29, 0.717) is 0 Å². The molecule has 1 fully saturated rings. The molecule has 0 atom stereocenters. The monoisotopic (exact) mass is 429 g/mol.